The number of phenols is 1. The molecule has 0 spiro atoms. The van der Waals surface area contributed by atoms with Crippen LogP contribution in [0.5, 0.6) is 5.75 Å². The second kappa shape index (κ2) is 17.1. The molecule has 0 bridgehead atoms. The van der Waals surface area contributed by atoms with E-state index in [1.807, 2.05) is 105 Å². The van der Waals surface area contributed by atoms with E-state index in [2.05, 4.69) is 67.8 Å². The molecule has 0 amide bonds. The van der Waals surface area contributed by atoms with Gasteiger partial charge in [0.25, 0.3) is 0 Å². The van der Waals surface area contributed by atoms with E-state index in [1.165, 1.54) is 12.1 Å². The minimum absolute atomic E-state index is 0. The van der Waals surface area contributed by atoms with Crippen LogP contribution in [0.3, 0.4) is 0 Å². The van der Waals surface area contributed by atoms with Gasteiger partial charge in [-0.2, -0.15) is 0 Å². The summed E-state index contributed by atoms with van der Waals surface area (Å²) < 4.78 is 75.9. The minimum Gasteiger partial charge on any atom is -0.507 e. The Labute approximate surface area is 399 Å². The van der Waals surface area contributed by atoms with Crippen molar-refractivity contribution in [2.24, 2.45) is 0 Å². The third-order valence-corrected chi connectivity index (χ3v) is 11.5. The van der Waals surface area contributed by atoms with Crippen molar-refractivity contribution < 1.29 is 38.5 Å². The Morgan fingerprint density at radius 2 is 1.27 bits per heavy atom. The Hall–Kier alpha value is -6.35. The van der Waals surface area contributed by atoms with Gasteiger partial charge in [-0.3, -0.25) is 9.55 Å². The number of hydrogen-bond donors (Lipinski definition) is 1. The summed E-state index contributed by atoms with van der Waals surface area (Å²) in [5.41, 5.74) is 10.4. The van der Waals surface area contributed by atoms with Crippen LogP contribution in [0, 0.1) is 19.9 Å². The fourth-order valence-electron chi connectivity index (χ4n) is 8.37. The molecule has 0 radical (unpaired) electrons. The maximum absolute atomic E-state index is 11.8. The summed E-state index contributed by atoms with van der Waals surface area (Å²) in [4.78, 5) is 10.2. The maximum atomic E-state index is 11.8. The van der Waals surface area contributed by atoms with Crippen LogP contribution in [-0.4, -0.2) is 19.6 Å². The number of para-hydroxylation sites is 1. The Kier molecular flexibility index (Phi) is 9.01. The topological polar surface area (TPSA) is 50.9 Å². The molecule has 2 aromatic heterocycles. The number of imidazole rings is 1. The molecule has 5 heteroatoms. The zero-order valence-electron chi connectivity index (χ0n) is 44.7. The molecule has 0 saturated carbocycles. The Morgan fingerprint density at radius 3 is 1.97 bits per heavy atom. The molecule has 7 aromatic carbocycles. The van der Waals surface area contributed by atoms with Crippen LogP contribution in [0.4, 0.5) is 0 Å². The smallest absolute Gasteiger partial charge is 0.148 e. The summed E-state index contributed by atoms with van der Waals surface area (Å²) in [6, 6.07) is 54.0. The van der Waals surface area contributed by atoms with Gasteiger partial charge in [-0.25, -0.2) is 4.98 Å². The van der Waals surface area contributed by atoms with Gasteiger partial charge in [0.05, 0.1) is 16.6 Å². The number of fused-ring (bicyclic) bond motifs is 1. The molecule has 0 aliphatic heterocycles. The molecule has 9 rings (SSSR count). The van der Waals surface area contributed by atoms with Gasteiger partial charge in [0.15, 0.2) is 0 Å². The number of aromatic nitrogens is 3. The molecule has 0 aliphatic carbocycles. The Bertz CT molecular complexity index is 3410. The van der Waals surface area contributed by atoms with Crippen LogP contribution in [0.25, 0.3) is 83.9 Å². The molecule has 0 saturated heterocycles. The first-order chi connectivity index (χ1) is 33.5. The van der Waals surface area contributed by atoms with E-state index in [0.717, 1.165) is 61.3 Å². The molecular weight excluding hydrogens is 950 g/mol. The van der Waals surface area contributed by atoms with Crippen molar-refractivity contribution in [2.75, 3.05) is 0 Å². The number of aryl methyl sites for hydroxylation is 2. The molecule has 0 aliphatic rings. The van der Waals surface area contributed by atoms with E-state index in [1.54, 1.807) is 24.4 Å². The molecule has 0 fully saturated rings. The largest absolute Gasteiger partial charge is 0.507 e. The van der Waals surface area contributed by atoms with E-state index in [0.29, 0.717) is 39.3 Å². The van der Waals surface area contributed by atoms with Gasteiger partial charge in [-0.15, -0.1) is 23.8 Å². The second-order valence-electron chi connectivity index (χ2n) is 17.1. The fourth-order valence-corrected chi connectivity index (χ4v) is 8.37. The second-order valence-corrected chi connectivity index (χ2v) is 17.1. The standard InChI is InChI=1S/C58H52N3O.Pt/c1-37-30-38(2)55(62)50(31-37)56-60-54-49(20-15-21-53(54)61(56)47-26-27-48(41-18-13-10-14-19-41)51(36-47)58(6,7)8)44-32-43(39-16-11-9-12-17-39)33-45(34-44)52-35-42(28-29-59-52)40-22-24-46(25-23-40)57(3,4)5;/h9-33,35-36,62H,1-8H3;/q-1;/i3D3,4D3,5D3;. The summed E-state index contributed by atoms with van der Waals surface area (Å²) in [5, 5.41) is 11.8. The first-order valence-electron chi connectivity index (χ1n) is 25.2. The molecule has 4 nitrogen and oxygen atoms in total. The van der Waals surface area contributed by atoms with E-state index in [4.69, 9.17) is 22.3 Å². The van der Waals surface area contributed by atoms with Gasteiger partial charge in [-0.05, 0) is 105 Å². The number of phenolic OH excluding ortho intramolecular Hbond substituents is 1. The zero-order chi connectivity index (χ0) is 50.8. The number of benzene rings is 7. The van der Waals surface area contributed by atoms with Crippen LogP contribution in [-0.2, 0) is 31.9 Å². The summed E-state index contributed by atoms with van der Waals surface area (Å²) in [6.45, 7) is 0.423. The molecule has 63 heavy (non-hydrogen) atoms. The monoisotopic (exact) mass is 1010 g/mol. The first-order valence-corrected chi connectivity index (χ1v) is 20.7. The first kappa shape index (κ1) is 33.2. The number of hydrogen-bond acceptors (Lipinski definition) is 3. The van der Waals surface area contributed by atoms with Crippen LogP contribution in [0.2, 0.25) is 0 Å². The van der Waals surface area contributed by atoms with Crippen LogP contribution < -0.4 is 0 Å². The predicted molar refractivity (Wildman–Crippen MR) is 259 cm³/mol. The van der Waals surface area contributed by atoms with Gasteiger partial charge in [0.1, 0.15) is 11.6 Å². The van der Waals surface area contributed by atoms with Crippen molar-refractivity contribution >= 4 is 11.0 Å². The van der Waals surface area contributed by atoms with Gasteiger partial charge < -0.3 is 5.11 Å². The molecule has 2 heterocycles. The summed E-state index contributed by atoms with van der Waals surface area (Å²) in [5.74, 6) is 0.732. The van der Waals surface area contributed by atoms with Gasteiger partial charge in [-0.1, -0.05) is 173 Å². The average molecular weight is 1010 g/mol. The summed E-state index contributed by atoms with van der Waals surface area (Å²) >= 11 is 0. The summed E-state index contributed by atoms with van der Waals surface area (Å²) in [7, 11) is 0. The van der Waals surface area contributed by atoms with Crippen molar-refractivity contribution in [3.63, 3.8) is 0 Å². The number of pyridine rings is 1. The maximum Gasteiger partial charge on any atom is 0.148 e. The minimum atomic E-state index is -3.37. The number of aromatic hydroxyl groups is 1. The fraction of sp³-hybridized carbons (Fsp3) is 0.172. The van der Waals surface area contributed by atoms with Crippen LogP contribution in [0.1, 0.15) is 75.9 Å². The zero-order valence-corrected chi connectivity index (χ0v) is 38.0. The molecular formula is C58H52N3OPt-. The summed E-state index contributed by atoms with van der Waals surface area (Å²) in [6.07, 6.45) is 1.65. The number of nitrogens with zero attached hydrogens (tertiary/aromatic N) is 3. The third kappa shape index (κ3) is 8.58. The average Bonchev–Trinajstić information content (AvgIpc) is 3.71. The van der Waals surface area contributed by atoms with E-state index >= 15 is 0 Å². The molecule has 316 valence electrons. The molecule has 1 N–H and O–H groups in total. The predicted octanol–water partition coefficient (Wildman–Crippen LogP) is 15.1. The quantitative estimate of drug-likeness (QED) is 0.162. The molecule has 9 aromatic rings. The van der Waals surface area contributed by atoms with Crippen molar-refractivity contribution in [2.45, 2.75) is 66.0 Å². The molecule has 0 unspecified atom stereocenters. The van der Waals surface area contributed by atoms with Gasteiger partial charge in [0.2, 0.25) is 0 Å². The molecule has 0 atom stereocenters. The van der Waals surface area contributed by atoms with E-state index in [-0.39, 0.29) is 37.8 Å². The van der Waals surface area contributed by atoms with Crippen molar-refractivity contribution in [3.05, 3.63) is 192 Å². The van der Waals surface area contributed by atoms with E-state index < -0.39 is 26.0 Å². The van der Waals surface area contributed by atoms with Crippen molar-refractivity contribution in [3.8, 4) is 78.6 Å². The van der Waals surface area contributed by atoms with Crippen molar-refractivity contribution in [1.29, 1.82) is 0 Å². The van der Waals surface area contributed by atoms with Gasteiger partial charge >= 0.3 is 0 Å². The Morgan fingerprint density at radius 1 is 0.587 bits per heavy atom. The van der Waals surface area contributed by atoms with Gasteiger partial charge in [0, 0.05) is 51.0 Å². The number of rotatable bonds is 7. The SMILES string of the molecule is [2H]C([2H])([2H])C(c1ccc(-c2ccnc(-c3[c-]c(-c4cccc5c4nc(-c4cc(C)cc(C)c4O)n5-c4ccc(-c5ccccc5)c(C(C)(C)C)c4)cc(-c4ccccc4)c3)c2)cc1)(C([2H])([2H])[2H])C([2H])([2H])[2H].[Pt]. The normalized spacial score (nSPS) is 14.5. The van der Waals surface area contributed by atoms with Crippen LogP contribution >= 0.6 is 0 Å². The third-order valence-electron chi connectivity index (χ3n) is 11.5. The van der Waals surface area contributed by atoms with E-state index in [9.17, 15) is 5.11 Å². The van der Waals surface area contributed by atoms with Crippen molar-refractivity contribution in [1.82, 2.24) is 14.5 Å². The van der Waals surface area contributed by atoms with Crippen LogP contribution in [0.15, 0.2) is 164 Å². The Balaban J connectivity index is 0.00000693.